The lowest BCUT2D eigenvalue weighted by atomic mass is 9.65. The summed E-state index contributed by atoms with van der Waals surface area (Å²) in [6.07, 6.45) is 12.0. The van der Waals surface area contributed by atoms with Crippen LogP contribution in [0.5, 0.6) is 0 Å². The predicted molar refractivity (Wildman–Crippen MR) is 68.5 cm³/mol. The molecular formula is C16H16O. The highest BCUT2D eigenvalue weighted by Crippen LogP contribution is 2.57. The van der Waals surface area contributed by atoms with E-state index < -0.39 is 0 Å². The fourth-order valence-electron chi connectivity index (χ4n) is 3.71. The van der Waals surface area contributed by atoms with E-state index in [1.165, 1.54) is 17.5 Å². The lowest BCUT2D eigenvalue weighted by Gasteiger charge is -2.46. The molecule has 0 amide bonds. The molecule has 0 bridgehead atoms. The summed E-state index contributed by atoms with van der Waals surface area (Å²) in [6.45, 7) is 0.892. The molecule has 3 atom stereocenters. The van der Waals surface area contributed by atoms with Crippen molar-refractivity contribution < 1.29 is 4.74 Å². The fraction of sp³-hybridized carbons (Fsp3) is 0.375. The van der Waals surface area contributed by atoms with Crippen LogP contribution in [0, 0.1) is 11.3 Å². The Balaban J connectivity index is 1.89. The Morgan fingerprint density at radius 3 is 3.18 bits per heavy atom. The lowest BCUT2D eigenvalue weighted by molar-refractivity contribution is -0.0813. The van der Waals surface area contributed by atoms with Crippen molar-refractivity contribution >= 4 is 6.08 Å². The van der Waals surface area contributed by atoms with Gasteiger partial charge in [-0.1, -0.05) is 48.6 Å². The maximum atomic E-state index is 6.12. The monoisotopic (exact) mass is 224 g/mol. The molecule has 1 aromatic carbocycles. The third-order valence-electron chi connectivity index (χ3n) is 4.58. The molecule has 1 heterocycles. The van der Waals surface area contributed by atoms with Crippen molar-refractivity contribution in [2.24, 2.45) is 11.3 Å². The maximum Gasteiger partial charge on any atom is 0.0930 e. The minimum Gasteiger partial charge on any atom is -0.373 e. The average molecular weight is 224 g/mol. The molecule has 0 N–H and O–H groups in total. The van der Waals surface area contributed by atoms with Gasteiger partial charge in [-0.15, -0.1) is 0 Å². The normalized spacial score (nSPS) is 37.4. The van der Waals surface area contributed by atoms with E-state index in [9.17, 15) is 0 Å². The quantitative estimate of drug-likeness (QED) is 0.610. The number of allylic oxidation sites excluding steroid dienone is 2. The summed E-state index contributed by atoms with van der Waals surface area (Å²) in [4.78, 5) is 0. The topological polar surface area (TPSA) is 9.23 Å². The number of ether oxygens (including phenoxy) is 1. The van der Waals surface area contributed by atoms with E-state index in [0.29, 0.717) is 5.92 Å². The third-order valence-corrected chi connectivity index (χ3v) is 4.58. The third kappa shape index (κ3) is 1.18. The summed E-state index contributed by atoms with van der Waals surface area (Å²) >= 11 is 0. The minimum atomic E-state index is 0.215. The fourth-order valence-corrected chi connectivity index (χ4v) is 3.71. The summed E-state index contributed by atoms with van der Waals surface area (Å²) in [5.41, 5.74) is 2.92. The molecule has 0 aromatic heterocycles. The zero-order valence-electron chi connectivity index (χ0n) is 9.80. The van der Waals surface area contributed by atoms with Crippen LogP contribution in [-0.2, 0) is 4.74 Å². The molecule has 1 heteroatoms. The number of hydrogen-bond donors (Lipinski definition) is 0. The van der Waals surface area contributed by atoms with Gasteiger partial charge in [0.2, 0.25) is 0 Å². The zero-order valence-corrected chi connectivity index (χ0v) is 9.80. The Hall–Kier alpha value is -1.34. The first-order valence-corrected chi connectivity index (χ1v) is 6.47. The molecule has 0 radical (unpaired) electrons. The Morgan fingerprint density at radius 2 is 2.18 bits per heavy atom. The van der Waals surface area contributed by atoms with Gasteiger partial charge in [0.25, 0.3) is 0 Å². The summed E-state index contributed by atoms with van der Waals surface area (Å²) in [7, 11) is 0. The van der Waals surface area contributed by atoms with Crippen LogP contribution >= 0.6 is 0 Å². The second-order valence-electron chi connectivity index (χ2n) is 5.35. The largest absolute Gasteiger partial charge is 0.373 e. The van der Waals surface area contributed by atoms with Gasteiger partial charge in [0.15, 0.2) is 0 Å². The second kappa shape index (κ2) is 3.33. The first-order chi connectivity index (χ1) is 8.40. The van der Waals surface area contributed by atoms with E-state index >= 15 is 0 Å². The van der Waals surface area contributed by atoms with Crippen molar-refractivity contribution in [3.05, 3.63) is 53.6 Å². The van der Waals surface area contributed by atoms with E-state index in [4.69, 9.17) is 4.74 Å². The highest BCUT2D eigenvalue weighted by Gasteiger charge is 2.49. The molecule has 3 aliphatic rings. The Morgan fingerprint density at radius 1 is 1.24 bits per heavy atom. The molecule has 0 saturated carbocycles. The predicted octanol–water partition coefficient (Wildman–Crippen LogP) is 3.74. The minimum absolute atomic E-state index is 0.215. The Labute approximate surface area is 102 Å². The van der Waals surface area contributed by atoms with Gasteiger partial charge in [-0.05, 0) is 29.9 Å². The van der Waals surface area contributed by atoms with Crippen LogP contribution in [0.1, 0.15) is 30.1 Å². The van der Waals surface area contributed by atoms with Crippen LogP contribution in [0.2, 0.25) is 0 Å². The second-order valence-corrected chi connectivity index (χ2v) is 5.35. The van der Waals surface area contributed by atoms with E-state index in [1.54, 1.807) is 0 Å². The van der Waals surface area contributed by atoms with Crippen molar-refractivity contribution in [1.29, 1.82) is 0 Å². The zero-order chi connectivity index (χ0) is 11.3. The van der Waals surface area contributed by atoms with E-state index in [-0.39, 0.29) is 11.5 Å². The first-order valence-electron chi connectivity index (χ1n) is 6.47. The van der Waals surface area contributed by atoms with Crippen LogP contribution < -0.4 is 0 Å². The van der Waals surface area contributed by atoms with Crippen LogP contribution in [0.3, 0.4) is 0 Å². The van der Waals surface area contributed by atoms with Gasteiger partial charge in [0.1, 0.15) is 0 Å². The van der Waals surface area contributed by atoms with Gasteiger partial charge >= 0.3 is 0 Å². The van der Waals surface area contributed by atoms with Gasteiger partial charge in [-0.25, -0.2) is 0 Å². The van der Waals surface area contributed by atoms with Gasteiger partial charge < -0.3 is 4.74 Å². The number of fused-ring (bicyclic) bond motifs is 2. The van der Waals surface area contributed by atoms with Crippen LogP contribution in [0.25, 0.3) is 6.08 Å². The number of rotatable bonds is 0. The number of hydrogen-bond acceptors (Lipinski definition) is 1. The van der Waals surface area contributed by atoms with Crippen LogP contribution in [0.15, 0.2) is 42.5 Å². The van der Waals surface area contributed by atoms with E-state index in [2.05, 4.69) is 48.6 Å². The first kappa shape index (κ1) is 9.67. The molecule has 86 valence electrons. The summed E-state index contributed by atoms with van der Waals surface area (Å²) in [5.74, 6) is 0.672. The van der Waals surface area contributed by atoms with Crippen LogP contribution in [-0.4, -0.2) is 6.61 Å². The average Bonchev–Trinajstić information content (AvgIpc) is 2.80. The van der Waals surface area contributed by atoms with Gasteiger partial charge in [0.05, 0.1) is 6.10 Å². The molecule has 2 aliphatic carbocycles. The molecule has 1 aromatic rings. The Bertz CT molecular complexity index is 514. The molecule has 3 unspecified atom stereocenters. The molecule has 4 rings (SSSR count). The molecule has 1 saturated heterocycles. The SMILES string of the molecule is C1=CC2CCOC3c4ccccc4C=CC23C1. The smallest absolute Gasteiger partial charge is 0.0930 e. The van der Waals surface area contributed by atoms with Gasteiger partial charge in [-0.3, -0.25) is 0 Å². The highest BCUT2D eigenvalue weighted by atomic mass is 16.5. The van der Waals surface area contributed by atoms with Crippen molar-refractivity contribution in [1.82, 2.24) is 0 Å². The molecule has 1 aliphatic heterocycles. The van der Waals surface area contributed by atoms with Crippen molar-refractivity contribution in [3.63, 3.8) is 0 Å². The van der Waals surface area contributed by atoms with Gasteiger partial charge in [-0.2, -0.15) is 0 Å². The summed E-state index contributed by atoms with van der Waals surface area (Å²) in [6, 6.07) is 8.65. The highest BCUT2D eigenvalue weighted by molar-refractivity contribution is 5.60. The van der Waals surface area contributed by atoms with Crippen molar-refractivity contribution in [3.8, 4) is 0 Å². The molecular weight excluding hydrogens is 208 g/mol. The standard InChI is InChI=1S/C16H16O/c1-2-6-14-12(4-1)7-10-16-9-3-5-13(16)8-11-17-15(14)16/h1-7,10,13,15H,8-9,11H2. The number of benzene rings is 1. The van der Waals surface area contributed by atoms with Crippen molar-refractivity contribution in [2.75, 3.05) is 6.61 Å². The molecule has 1 fully saturated rings. The van der Waals surface area contributed by atoms with E-state index in [0.717, 1.165) is 13.0 Å². The Kier molecular flexibility index (Phi) is 1.89. The summed E-state index contributed by atoms with van der Waals surface area (Å²) in [5, 5.41) is 0. The van der Waals surface area contributed by atoms with Crippen LogP contribution in [0.4, 0.5) is 0 Å². The van der Waals surface area contributed by atoms with E-state index in [1.807, 2.05) is 0 Å². The van der Waals surface area contributed by atoms with Gasteiger partial charge in [0, 0.05) is 12.0 Å². The maximum absolute atomic E-state index is 6.12. The molecule has 1 spiro atoms. The summed E-state index contributed by atoms with van der Waals surface area (Å²) < 4.78 is 6.12. The van der Waals surface area contributed by atoms with Crippen molar-refractivity contribution in [2.45, 2.75) is 18.9 Å². The molecule has 1 nitrogen and oxygen atoms in total. The lowest BCUT2D eigenvalue weighted by Crippen LogP contribution is -2.39. The molecule has 17 heavy (non-hydrogen) atoms.